The summed E-state index contributed by atoms with van der Waals surface area (Å²) in [6.45, 7) is 6.72. The summed E-state index contributed by atoms with van der Waals surface area (Å²) in [5.41, 5.74) is -0.246. The number of nitrogens with zero attached hydrogens (tertiary/aromatic N) is 1. The Balaban J connectivity index is 2.21. The normalized spacial score (nSPS) is 21.3. The van der Waals surface area contributed by atoms with E-state index >= 15 is 0 Å². The van der Waals surface area contributed by atoms with Gasteiger partial charge in [0.15, 0.2) is 0 Å². The van der Waals surface area contributed by atoms with Crippen LogP contribution in [0.25, 0.3) is 0 Å². The van der Waals surface area contributed by atoms with Crippen LogP contribution in [0.1, 0.15) is 32.8 Å². The van der Waals surface area contributed by atoms with Crippen molar-refractivity contribution in [2.24, 2.45) is 0 Å². The van der Waals surface area contributed by atoms with E-state index in [4.69, 9.17) is 9.47 Å². The van der Waals surface area contributed by atoms with E-state index in [1.807, 2.05) is 35.2 Å². The van der Waals surface area contributed by atoms with Gasteiger partial charge in [-0.25, -0.2) is 9.59 Å². The minimum atomic E-state index is -1.30. The summed E-state index contributed by atoms with van der Waals surface area (Å²) in [4.78, 5) is 26.8. The molecule has 1 aromatic rings. The molecule has 0 aliphatic carbocycles. The first-order chi connectivity index (χ1) is 10.5. The van der Waals surface area contributed by atoms with Crippen LogP contribution >= 0.6 is 0 Å². The molecule has 5 heteroatoms. The van der Waals surface area contributed by atoms with Crippen LogP contribution in [0.5, 0.6) is 0 Å². The minimum Gasteiger partial charge on any atom is -0.464 e. The first kappa shape index (κ1) is 16.5. The van der Waals surface area contributed by atoms with Crippen molar-refractivity contribution in [2.45, 2.75) is 45.4 Å². The van der Waals surface area contributed by atoms with E-state index in [2.05, 4.69) is 0 Å². The monoisotopic (exact) mass is 305 g/mol. The third-order valence-electron chi connectivity index (χ3n) is 3.79. The van der Waals surface area contributed by atoms with E-state index in [0.717, 1.165) is 5.56 Å². The topological polar surface area (TPSA) is 55.8 Å². The van der Waals surface area contributed by atoms with Crippen LogP contribution in [-0.4, -0.2) is 41.6 Å². The number of carbonyl (C=O) groups excluding carboxylic acids is 2. The molecular formula is C17H23NO4. The molecule has 1 atom stereocenters. The van der Waals surface area contributed by atoms with Crippen molar-refractivity contribution in [3.05, 3.63) is 35.9 Å². The summed E-state index contributed by atoms with van der Waals surface area (Å²) in [7, 11) is 0. The Morgan fingerprint density at radius 3 is 2.41 bits per heavy atom. The van der Waals surface area contributed by atoms with Crippen molar-refractivity contribution < 1.29 is 19.1 Å². The molecule has 0 bridgehead atoms. The SMILES string of the molecule is CCOC(=O)[C@]1(C(=O)OC(C)C)CCN1Cc1ccccc1. The number of carbonyl (C=O) groups is 2. The molecule has 2 rings (SSSR count). The third-order valence-corrected chi connectivity index (χ3v) is 3.79. The Morgan fingerprint density at radius 2 is 1.91 bits per heavy atom. The largest absolute Gasteiger partial charge is 0.464 e. The molecule has 5 nitrogen and oxygen atoms in total. The van der Waals surface area contributed by atoms with Crippen molar-refractivity contribution in [1.82, 2.24) is 4.90 Å². The maximum absolute atomic E-state index is 12.5. The summed E-state index contributed by atoms with van der Waals surface area (Å²) in [5, 5.41) is 0. The second kappa shape index (κ2) is 6.92. The van der Waals surface area contributed by atoms with Gasteiger partial charge in [0.25, 0.3) is 0 Å². The minimum absolute atomic E-state index is 0.245. The van der Waals surface area contributed by atoms with Gasteiger partial charge < -0.3 is 9.47 Å². The third kappa shape index (κ3) is 3.14. The predicted octanol–water partition coefficient (Wildman–Crippen LogP) is 2.15. The first-order valence-electron chi connectivity index (χ1n) is 7.68. The van der Waals surface area contributed by atoms with Gasteiger partial charge >= 0.3 is 11.9 Å². The zero-order chi connectivity index (χ0) is 16.2. The maximum Gasteiger partial charge on any atom is 0.338 e. The second-order valence-electron chi connectivity index (χ2n) is 5.69. The van der Waals surface area contributed by atoms with Crippen LogP contribution in [0.4, 0.5) is 0 Å². The fraction of sp³-hybridized carbons (Fsp3) is 0.529. The average Bonchev–Trinajstić information content (AvgIpc) is 2.45. The molecule has 1 aliphatic rings. The maximum atomic E-state index is 12.5. The standard InChI is InChI=1S/C17H23NO4/c1-4-21-15(19)17(16(20)22-13(2)3)10-11-18(17)12-14-8-6-5-7-9-14/h5-9,13H,4,10-12H2,1-3H3/t17-/m0/s1. The zero-order valence-electron chi connectivity index (χ0n) is 13.4. The quantitative estimate of drug-likeness (QED) is 0.595. The van der Waals surface area contributed by atoms with Gasteiger partial charge in [0.05, 0.1) is 12.7 Å². The summed E-state index contributed by atoms with van der Waals surface area (Å²) >= 11 is 0. The van der Waals surface area contributed by atoms with E-state index in [0.29, 0.717) is 19.5 Å². The lowest BCUT2D eigenvalue weighted by Gasteiger charge is -2.48. The lowest BCUT2D eigenvalue weighted by atomic mass is 9.83. The van der Waals surface area contributed by atoms with Gasteiger partial charge in [-0.15, -0.1) is 0 Å². The predicted molar refractivity (Wildman–Crippen MR) is 82.1 cm³/mol. The fourth-order valence-electron chi connectivity index (χ4n) is 2.62. The Kier molecular flexibility index (Phi) is 5.19. The number of esters is 2. The van der Waals surface area contributed by atoms with Crippen LogP contribution < -0.4 is 0 Å². The first-order valence-corrected chi connectivity index (χ1v) is 7.68. The molecule has 0 N–H and O–H groups in total. The average molecular weight is 305 g/mol. The molecular weight excluding hydrogens is 282 g/mol. The highest BCUT2D eigenvalue weighted by Crippen LogP contribution is 2.35. The Bertz CT molecular complexity index is 529. The van der Waals surface area contributed by atoms with E-state index in [-0.39, 0.29) is 12.7 Å². The van der Waals surface area contributed by atoms with Gasteiger partial charge in [-0.2, -0.15) is 0 Å². The molecule has 0 saturated carbocycles. The summed E-state index contributed by atoms with van der Waals surface area (Å²) in [6.07, 6.45) is 0.169. The van der Waals surface area contributed by atoms with Gasteiger partial charge in [-0.05, 0) is 26.3 Å². The highest BCUT2D eigenvalue weighted by Gasteiger charge is 2.59. The summed E-state index contributed by atoms with van der Waals surface area (Å²) in [5.74, 6) is -1.02. The number of hydrogen-bond acceptors (Lipinski definition) is 5. The van der Waals surface area contributed by atoms with Gasteiger partial charge in [0.1, 0.15) is 0 Å². The molecule has 1 aliphatic heterocycles. The van der Waals surface area contributed by atoms with Crippen molar-refractivity contribution in [2.75, 3.05) is 13.2 Å². The van der Waals surface area contributed by atoms with Crippen LogP contribution in [0.15, 0.2) is 30.3 Å². The van der Waals surface area contributed by atoms with E-state index in [9.17, 15) is 9.59 Å². The number of benzene rings is 1. The lowest BCUT2D eigenvalue weighted by Crippen LogP contribution is -2.69. The Labute approximate surface area is 131 Å². The van der Waals surface area contributed by atoms with Crippen molar-refractivity contribution in [3.63, 3.8) is 0 Å². The molecule has 0 unspecified atom stereocenters. The van der Waals surface area contributed by atoms with E-state index < -0.39 is 17.5 Å². The van der Waals surface area contributed by atoms with Gasteiger partial charge in [-0.3, -0.25) is 4.90 Å². The number of rotatable bonds is 6. The lowest BCUT2D eigenvalue weighted by molar-refractivity contribution is -0.189. The Hall–Kier alpha value is -1.88. The number of ether oxygens (including phenoxy) is 2. The van der Waals surface area contributed by atoms with Crippen LogP contribution in [0, 0.1) is 0 Å². The molecule has 22 heavy (non-hydrogen) atoms. The second-order valence-corrected chi connectivity index (χ2v) is 5.69. The molecule has 1 aromatic carbocycles. The molecule has 1 fully saturated rings. The number of hydrogen-bond donors (Lipinski definition) is 0. The molecule has 1 heterocycles. The Morgan fingerprint density at radius 1 is 1.23 bits per heavy atom. The molecule has 0 aromatic heterocycles. The van der Waals surface area contributed by atoms with Gasteiger partial charge in [0.2, 0.25) is 5.54 Å². The van der Waals surface area contributed by atoms with Crippen molar-refractivity contribution >= 4 is 11.9 Å². The van der Waals surface area contributed by atoms with Crippen LogP contribution in [0.3, 0.4) is 0 Å². The van der Waals surface area contributed by atoms with Gasteiger partial charge in [0, 0.05) is 19.5 Å². The van der Waals surface area contributed by atoms with E-state index in [1.54, 1.807) is 20.8 Å². The van der Waals surface area contributed by atoms with Crippen molar-refractivity contribution in [1.29, 1.82) is 0 Å². The molecule has 0 radical (unpaired) electrons. The molecule has 0 spiro atoms. The smallest absolute Gasteiger partial charge is 0.338 e. The van der Waals surface area contributed by atoms with Gasteiger partial charge in [-0.1, -0.05) is 30.3 Å². The van der Waals surface area contributed by atoms with Crippen LogP contribution in [-0.2, 0) is 25.6 Å². The molecule has 0 amide bonds. The number of likely N-dealkylation sites (tertiary alicyclic amines) is 1. The van der Waals surface area contributed by atoms with Crippen LogP contribution in [0.2, 0.25) is 0 Å². The summed E-state index contributed by atoms with van der Waals surface area (Å²) in [6, 6.07) is 9.76. The zero-order valence-corrected chi connectivity index (χ0v) is 13.4. The molecule has 1 saturated heterocycles. The molecule has 120 valence electrons. The summed E-state index contributed by atoms with van der Waals surface area (Å²) < 4.78 is 10.4. The fourth-order valence-corrected chi connectivity index (χ4v) is 2.62. The highest BCUT2D eigenvalue weighted by molar-refractivity contribution is 6.06. The van der Waals surface area contributed by atoms with Crippen molar-refractivity contribution in [3.8, 4) is 0 Å². The highest BCUT2D eigenvalue weighted by atomic mass is 16.6. The van der Waals surface area contributed by atoms with E-state index in [1.165, 1.54) is 0 Å².